The van der Waals surface area contributed by atoms with Crippen LogP contribution in [0.1, 0.15) is 38.6 Å². The van der Waals surface area contributed by atoms with Crippen LogP contribution in [0.4, 0.5) is 6.01 Å². The third kappa shape index (κ3) is 2.12. The summed E-state index contributed by atoms with van der Waals surface area (Å²) in [5, 5.41) is 7.91. The molecule has 2 rings (SSSR count). The van der Waals surface area contributed by atoms with Crippen LogP contribution in [0, 0.1) is 5.92 Å². The van der Waals surface area contributed by atoms with Crippen molar-refractivity contribution in [1.29, 1.82) is 0 Å². The Kier molecular flexibility index (Phi) is 2.65. The minimum absolute atomic E-state index is 0.198. The lowest BCUT2D eigenvalue weighted by Crippen LogP contribution is -2.30. The van der Waals surface area contributed by atoms with E-state index < -0.39 is 0 Å². The topological polar surface area (TPSA) is 68.2 Å². The second-order valence-corrected chi connectivity index (χ2v) is 4.40. The molecule has 1 aromatic rings. The van der Waals surface area contributed by atoms with Crippen LogP contribution in [0.2, 0.25) is 0 Å². The maximum atomic E-state index is 5.66. The standard InChI is InChI=1S/C10H18N4O/c1-6(11)9-12-13-10(15-9)14(3)7(2)8-4-5-8/h6-8H,4-5,11H2,1-3H3. The fourth-order valence-corrected chi connectivity index (χ4v) is 1.62. The molecule has 2 atom stereocenters. The normalized spacial score (nSPS) is 20.0. The number of rotatable bonds is 4. The van der Waals surface area contributed by atoms with Crippen LogP contribution in [-0.4, -0.2) is 23.3 Å². The molecule has 1 saturated carbocycles. The highest BCUT2D eigenvalue weighted by Gasteiger charge is 2.32. The minimum atomic E-state index is -0.198. The van der Waals surface area contributed by atoms with Gasteiger partial charge in [-0.25, -0.2) is 0 Å². The second-order valence-electron chi connectivity index (χ2n) is 4.40. The number of hydrogen-bond donors (Lipinski definition) is 1. The van der Waals surface area contributed by atoms with Gasteiger partial charge in [0.05, 0.1) is 6.04 Å². The Balaban J connectivity index is 2.07. The Hall–Kier alpha value is -1.10. The molecule has 2 N–H and O–H groups in total. The van der Waals surface area contributed by atoms with Gasteiger partial charge in [0, 0.05) is 13.1 Å². The quantitative estimate of drug-likeness (QED) is 0.811. The molecule has 0 radical (unpaired) electrons. The molecule has 1 aliphatic rings. The van der Waals surface area contributed by atoms with Gasteiger partial charge in [-0.05, 0) is 32.6 Å². The van der Waals surface area contributed by atoms with E-state index in [4.69, 9.17) is 10.2 Å². The molecule has 0 aliphatic heterocycles. The van der Waals surface area contributed by atoms with Crippen molar-refractivity contribution >= 4 is 6.01 Å². The third-order valence-electron chi connectivity index (χ3n) is 3.04. The molecular formula is C10H18N4O. The lowest BCUT2D eigenvalue weighted by molar-refractivity contribution is 0.445. The maximum Gasteiger partial charge on any atom is 0.318 e. The van der Waals surface area contributed by atoms with Crippen LogP contribution in [0.3, 0.4) is 0 Å². The Morgan fingerprint density at radius 1 is 1.40 bits per heavy atom. The van der Waals surface area contributed by atoms with Crippen molar-refractivity contribution in [1.82, 2.24) is 10.2 Å². The summed E-state index contributed by atoms with van der Waals surface area (Å²) in [6.07, 6.45) is 2.61. The Morgan fingerprint density at radius 3 is 2.53 bits per heavy atom. The largest absolute Gasteiger partial charge is 0.406 e. The van der Waals surface area contributed by atoms with Gasteiger partial charge in [0.2, 0.25) is 5.89 Å². The van der Waals surface area contributed by atoms with Crippen LogP contribution >= 0.6 is 0 Å². The molecule has 15 heavy (non-hydrogen) atoms. The summed E-state index contributed by atoms with van der Waals surface area (Å²) < 4.78 is 5.48. The highest BCUT2D eigenvalue weighted by molar-refractivity contribution is 5.25. The smallest absolute Gasteiger partial charge is 0.318 e. The van der Waals surface area contributed by atoms with E-state index in [-0.39, 0.29) is 6.04 Å². The van der Waals surface area contributed by atoms with Gasteiger partial charge in [0.1, 0.15) is 0 Å². The summed E-state index contributed by atoms with van der Waals surface area (Å²) >= 11 is 0. The Labute approximate surface area is 89.6 Å². The molecule has 1 aromatic heterocycles. The zero-order valence-electron chi connectivity index (χ0n) is 9.47. The van der Waals surface area contributed by atoms with E-state index in [0.717, 1.165) is 5.92 Å². The van der Waals surface area contributed by atoms with Gasteiger partial charge in [0.15, 0.2) is 0 Å². The maximum absolute atomic E-state index is 5.66. The predicted molar refractivity (Wildman–Crippen MR) is 57.5 cm³/mol. The predicted octanol–water partition coefficient (Wildman–Crippen LogP) is 1.32. The molecule has 84 valence electrons. The molecule has 1 fully saturated rings. The Bertz CT molecular complexity index is 332. The highest BCUT2D eigenvalue weighted by atomic mass is 16.4. The van der Waals surface area contributed by atoms with E-state index in [9.17, 15) is 0 Å². The lowest BCUT2D eigenvalue weighted by atomic mass is 10.2. The fraction of sp³-hybridized carbons (Fsp3) is 0.800. The first-order valence-electron chi connectivity index (χ1n) is 5.41. The summed E-state index contributed by atoms with van der Waals surface area (Å²) in [7, 11) is 1.99. The summed E-state index contributed by atoms with van der Waals surface area (Å²) in [5.41, 5.74) is 5.66. The zero-order chi connectivity index (χ0) is 11.0. The molecule has 0 bridgehead atoms. The molecule has 0 saturated heterocycles. The second kappa shape index (κ2) is 3.81. The van der Waals surface area contributed by atoms with Gasteiger partial charge in [-0.1, -0.05) is 5.10 Å². The molecule has 0 aromatic carbocycles. The first-order valence-corrected chi connectivity index (χ1v) is 5.41. The van der Waals surface area contributed by atoms with E-state index >= 15 is 0 Å². The Morgan fingerprint density at radius 2 is 2.07 bits per heavy atom. The summed E-state index contributed by atoms with van der Waals surface area (Å²) in [6, 6.07) is 0.837. The molecular weight excluding hydrogens is 192 g/mol. The van der Waals surface area contributed by atoms with Crippen molar-refractivity contribution < 1.29 is 4.42 Å². The SMILES string of the molecule is CC(N)c1nnc(N(C)C(C)C2CC2)o1. The molecule has 1 heterocycles. The van der Waals surface area contributed by atoms with Crippen molar-refractivity contribution in [2.24, 2.45) is 11.7 Å². The van der Waals surface area contributed by atoms with Crippen LogP contribution in [0.25, 0.3) is 0 Å². The van der Waals surface area contributed by atoms with Crippen molar-refractivity contribution in [3.8, 4) is 0 Å². The number of nitrogens with zero attached hydrogens (tertiary/aromatic N) is 3. The number of hydrogen-bond acceptors (Lipinski definition) is 5. The van der Waals surface area contributed by atoms with Gasteiger partial charge in [-0.3, -0.25) is 0 Å². The van der Waals surface area contributed by atoms with E-state index in [1.807, 2.05) is 18.9 Å². The monoisotopic (exact) mass is 210 g/mol. The average molecular weight is 210 g/mol. The van der Waals surface area contributed by atoms with E-state index in [2.05, 4.69) is 17.1 Å². The van der Waals surface area contributed by atoms with Gasteiger partial charge >= 0.3 is 6.01 Å². The molecule has 2 unspecified atom stereocenters. The minimum Gasteiger partial charge on any atom is -0.406 e. The third-order valence-corrected chi connectivity index (χ3v) is 3.04. The first kappa shape index (κ1) is 10.4. The number of aromatic nitrogens is 2. The molecule has 1 aliphatic carbocycles. The van der Waals surface area contributed by atoms with Gasteiger partial charge in [-0.2, -0.15) is 0 Å². The van der Waals surface area contributed by atoms with E-state index in [1.54, 1.807) is 0 Å². The average Bonchev–Trinajstić information content (AvgIpc) is 2.93. The van der Waals surface area contributed by atoms with Gasteiger partial charge in [0.25, 0.3) is 0 Å². The van der Waals surface area contributed by atoms with Crippen molar-refractivity contribution in [3.63, 3.8) is 0 Å². The lowest BCUT2D eigenvalue weighted by Gasteiger charge is -2.22. The highest BCUT2D eigenvalue weighted by Crippen LogP contribution is 2.35. The van der Waals surface area contributed by atoms with Crippen LogP contribution in [-0.2, 0) is 0 Å². The summed E-state index contributed by atoms with van der Waals surface area (Å²) in [6.45, 7) is 4.02. The molecule has 5 heteroatoms. The van der Waals surface area contributed by atoms with Crippen LogP contribution in [0.15, 0.2) is 4.42 Å². The van der Waals surface area contributed by atoms with Crippen molar-refractivity contribution in [3.05, 3.63) is 5.89 Å². The van der Waals surface area contributed by atoms with Crippen molar-refractivity contribution in [2.75, 3.05) is 11.9 Å². The van der Waals surface area contributed by atoms with E-state index in [0.29, 0.717) is 17.9 Å². The van der Waals surface area contributed by atoms with Crippen LogP contribution in [0.5, 0.6) is 0 Å². The number of nitrogens with two attached hydrogens (primary N) is 1. The molecule has 0 spiro atoms. The molecule has 0 amide bonds. The summed E-state index contributed by atoms with van der Waals surface area (Å²) in [5.74, 6) is 1.28. The summed E-state index contributed by atoms with van der Waals surface area (Å²) in [4.78, 5) is 2.04. The first-order chi connectivity index (χ1) is 7.09. The molecule has 5 nitrogen and oxygen atoms in total. The van der Waals surface area contributed by atoms with Crippen LogP contribution < -0.4 is 10.6 Å². The number of anilines is 1. The fourth-order valence-electron chi connectivity index (χ4n) is 1.62. The van der Waals surface area contributed by atoms with Crippen molar-refractivity contribution in [2.45, 2.75) is 38.8 Å². The van der Waals surface area contributed by atoms with Gasteiger partial charge < -0.3 is 15.1 Å². The van der Waals surface area contributed by atoms with E-state index in [1.165, 1.54) is 12.8 Å². The van der Waals surface area contributed by atoms with Gasteiger partial charge in [-0.15, -0.1) is 5.10 Å². The zero-order valence-corrected chi connectivity index (χ0v) is 9.47.